The summed E-state index contributed by atoms with van der Waals surface area (Å²) < 4.78 is 16.6. The molecule has 0 fully saturated rings. The second-order valence-corrected chi connectivity index (χ2v) is 29.0. The van der Waals surface area contributed by atoms with Crippen LogP contribution in [0.4, 0.5) is 4.79 Å². The van der Waals surface area contributed by atoms with E-state index in [-0.39, 0.29) is 55.6 Å². The molecule has 98 heavy (non-hydrogen) atoms. The SMILES string of the molecule is C=C(C)C(C(=O)N(C)C(C(=O)NC(CC)C(=O)O)C(OC(C)=O)C(C)CC=CC)N(C)C(=O)C(CC(C)C)N(C)C(=O)C(CC(C)C)N(C)C(=O)C(C)NC(=O)C(C)NC(O)C(CC(C)C)N(C)C(=O)C(NC(=O)C(C(C)COC)N(C)C(=O)C(C)N(C)C(=O)OC(C)(C)C)C(C)C. The predicted octanol–water partition coefficient (Wildman–Crippen LogP) is 4.66. The molecule has 15 atom stereocenters. The molecule has 15 unspecified atom stereocenters. The molecule has 28 nitrogen and oxygen atoms in total. The number of hydrogen-bond donors (Lipinski definition) is 6. The van der Waals surface area contributed by atoms with Crippen molar-refractivity contribution in [2.24, 2.45) is 35.5 Å². The molecule has 0 aliphatic rings. The maximum atomic E-state index is 15.1. The van der Waals surface area contributed by atoms with Gasteiger partial charge in [0.15, 0.2) is 0 Å². The minimum Gasteiger partial charge on any atom is -0.480 e. The minimum atomic E-state index is -1.60. The summed E-state index contributed by atoms with van der Waals surface area (Å²) in [5.74, 6) is -10.7. The summed E-state index contributed by atoms with van der Waals surface area (Å²) in [6, 6.07) is -13.8. The lowest BCUT2D eigenvalue weighted by Gasteiger charge is -2.41. The predicted molar refractivity (Wildman–Crippen MR) is 374 cm³/mol. The van der Waals surface area contributed by atoms with Gasteiger partial charge in [0.05, 0.1) is 18.7 Å². The van der Waals surface area contributed by atoms with Crippen LogP contribution in [0.3, 0.4) is 0 Å². The molecule has 0 radical (unpaired) electrons. The van der Waals surface area contributed by atoms with E-state index < -0.39 is 173 Å². The van der Waals surface area contributed by atoms with Gasteiger partial charge in [0, 0.05) is 69.3 Å². The zero-order valence-electron chi connectivity index (χ0n) is 64.2. The van der Waals surface area contributed by atoms with Gasteiger partial charge in [0.1, 0.15) is 72.3 Å². The van der Waals surface area contributed by atoms with Crippen molar-refractivity contribution >= 4 is 71.2 Å². The number of carboxylic acids is 1. The van der Waals surface area contributed by atoms with Crippen LogP contribution in [0.5, 0.6) is 0 Å². The number of carbonyl (C=O) groups excluding carboxylic acids is 11. The number of methoxy groups -OCH3 is 1. The first-order chi connectivity index (χ1) is 45.0. The van der Waals surface area contributed by atoms with E-state index in [4.69, 9.17) is 14.2 Å². The lowest BCUT2D eigenvalue weighted by molar-refractivity contribution is -0.163. The van der Waals surface area contributed by atoms with Crippen molar-refractivity contribution in [3.8, 4) is 0 Å². The van der Waals surface area contributed by atoms with Gasteiger partial charge in [-0.3, -0.25) is 58.2 Å². The first-order valence-corrected chi connectivity index (χ1v) is 34.1. The summed E-state index contributed by atoms with van der Waals surface area (Å²) in [6.07, 6.45) is 0.637. The average molecular weight is 1390 g/mol. The standard InChI is InChI=1S/C70H125N11O17/c1-30-32-33-43(13)57(97-48(18)82)56(61(86)73-49(31-2)68(93)94)81(28)67(92)54(42(11)12)79(26)65(90)52(36-40(7)8)78(25)64(89)51(35-39(5)6)77(24)62(87)46(16)72-58(83)45(15)71-59(84)50(34-38(3)4)76(23)66(91)53(41(9)10)74-60(85)55(44(14)37-96-29)80(27)63(88)47(17)75(22)69(95)98-70(19,20)21/h30,32,38-41,43-47,49-57,59,71,84H,11,31,33-37H2,1-10,12-29H3,(H,72,83)(H,73,86)(H,74,85)(H,93,94). The maximum Gasteiger partial charge on any atom is 0.410 e. The normalized spacial score (nSPS) is 16.4. The van der Waals surface area contributed by atoms with Crippen LogP contribution in [0.2, 0.25) is 0 Å². The van der Waals surface area contributed by atoms with Crippen LogP contribution in [-0.4, -0.2) is 263 Å². The molecule has 0 aliphatic carbocycles. The third kappa shape index (κ3) is 27.1. The summed E-state index contributed by atoms with van der Waals surface area (Å²) in [4.78, 5) is 177. The van der Waals surface area contributed by atoms with E-state index in [1.165, 1.54) is 104 Å². The molecule has 0 aromatic heterocycles. The van der Waals surface area contributed by atoms with Crippen molar-refractivity contribution < 1.29 is 82.0 Å². The highest BCUT2D eigenvalue weighted by atomic mass is 16.6. The molecular weight excluding hydrogens is 1270 g/mol. The molecule has 0 spiro atoms. The Morgan fingerprint density at radius 3 is 1.47 bits per heavy atom. The van der Waals surface area contributed by atoms with Crippen molar-refractivity contribution in [3.05, 3.63) is 24.3 Å². The average Bonchev–Trinajstić information content (AvgIpc) is 0.802. The smallest absolute Gasteiger partial charge is 0.410 e. The number of aliphatic hydroxyl groups is 1. The zero-order valence-corrected chi connectivity index (χ0v) is 64.2. The van der Waals surface area contributed by atoms with Gasteiger partial charge in [0.2, 0.25) is 53.2 Å². The van der Waals surface area contributed by atoms with E-state index in [0.717, 1.165) is 21.6 Å². The number of rotatable bonds is 40. The number of aliphatic hydroxyl groups excluding tert-OH is 1. The van der Waals surface area contributed by atoms with Crippen LogP contribution in [0.15, 0.2) is 24.3 Å². The monoisotopic (exact) mass is 1390 g/mol. The Labute approximate surface area is 584 Å². The fraction of sp³-hybridized carbons (Fsp3) is 0.771. The fourth-order valence-electron chi connectivity index (χ4n) is 11.5. The van der Waals surface area contributed by atoms with E-state index >= 15 is 14.4 Å². The molecule has 0 aromatic carbocycles. The minimum absolute atomic E-state index is 0.0163. The van der Waals surface area contributed by atoms with Crippen LogP contribution in [0.25, 0.3) is 0 Å². The highest BCUT2D eigenvalue weighted by Gasteiger charge is 2.47. The Kier molecular flexibility index (Phi) is 38.3. The fourth-order valence-corrected chi connectivity index (χ4v) is 11.5. The van der Waals surface area contributed by atoms with Crippen LogP contribution < -0.4 is 21.3 Å². The number of carboxylic acid groups (broad SMARTS) is 1. The Morgan fingerprint density at radius 1 is 0.561 bits per heavy atom. The van der Waals surface area contributed by atoms with Crippen LogP contribution in [0, 0.1) is 35.5 Å². The van der Waals surface area contributed by atoms with Gasteiger partial charge in [-0.05, 0) is 123 Å². The highest BCUT2D eigenvalue weighted by Crippen LogP contribution is 2.27. The van der Waals surface area contributed by atoms with E-state index in [0.29, 0.717) is 6.42 Å². The number of esters is 1. The highest BCUT2D eigenvalue weighted by molar-refractivity contribution is 5.98. The summed E-state index contributed by atoms with van der Waals surface area (Å²) >= 11 is 0. The molecule has 0 rings (SSSR count). The van der Waals surface area contributed by atoms with Gasteiger partial charge < -0.3 is 69.8 Å². The first-order valence-electron chi connectivity index (χ1n) is 34.1. The number of nitrogens with zero attached hydrogens (tertiary/aromatic N) is 7. The number of likely N-dealkylation sites (N-methyl/N-ethyl adjacent to an activating group) is 7. The van der Waals surface area contributed by atoms with E-state index in [1.54, 1.807) is 74.5 Å². The summed E-state index contributed by atoms with van der Waals surface area (Å²) in [5, 5.41) is 32.7. The van der Waals surface area contributed by atoms with Crippen molar-refractivity contribution in [1.29, 1.82) is 0 Å². The number of carbonyl (C=O) groups is 12. The van der Waals surface area contributed by atoms with Crippen molar-refractivity contribution in [3.63, 3.8) is 0 Å². The number of allylic oxidation sites excluding steroid dienone is 2. The molecule has 28 heteroatoms. The third-order valence-electron chi connectivity index (χ3n) is 17.3. The van der Waals surface area contributed by atoms with Gasteiger partial charge in [-0.2, -0.15) is 0 Å². The van der Waals surface area contributed by atoms with Gasteiger partial charge in [-0.25, -0.2) is 9.59 Å². The second kappa shape index (κ2) is 41.4. The molecule has 0 saturated carbocycles. The number of nitrogens with one attached hydrogen (secondary N) is 4. The molecule has 0 heterocycles. The van der Waals surface area contributed by atoms with E-state index in [1.807, 2.05) is 41.5 Å². The second-order valence-electron chi connectivity index (χ2n) is 29.0. The summed E-state index contributed by atoms with van der Waals surface area (Å²) in [6.45, 7) is 37.5. The Morgan fingerprint density at radius 2 is 1.04 bits per heavy atom. The van der Waals surface area contributed by atoms with Crippen molar-refractivity contribution in [2.45, 2.75) is 255 Å². The topological polar surface area (TPSA) is 344 Å². The van der Waals surface area contributed by atoms with Crippen molar-refractivity contribution in [1.82, 2.24) is 55.6 Å². The van der Waals surface area contributed by atoms with E-state index in [9.17, 15) is 53.4 Å². The molecule has 6 N–H and O–H groups in total. The zero-order chi connectivity index (χ0) is 76.6. The number of amides is 10. The number of aliphatic carboxylic acids is 1. The Balaban J connectivity index is 7.10. The third-order valence-corrected chi connectivity index (χ3v) is 17.3. The first kappa shape index (κ1) is 90.8. The maximum absolute atomic E-state index is 15.1. The quantitative estimate of drug-likeness (QED) is 0.0276. The molecule has 562 valence electrons. The van der Waals surface area contributed by atoms with E-state index in [2.05, 4.69) is 27.8 Å². The number of ether oxygens (including phenoxy) is 3. The lowest BCUT2D eigenvalue weighted by Crippen LogP contribution is -2.63. The largest absolute Gasteiger partial charge is 0.480 e. The summed E-state index contributed by atoms with van der Waals surface area (Å²) in [7, 11) is 11.2. The van der Waals surface area contributed by atoms with Crippen LogP contribution in [-0.2, 0) is 67.0 Å². The lowest BCUT2D eigenvalue weighted by atomic mass is 9.91. The summed E-state index contributed by atoms with van der Waals surface area (Å²) in [5.41, 5.74) is -0.683. The molecule has 0 aromatic rings. The Hall–Kier alpha value is -7.20. The number of hydrogen-bond acceptors (Lipinski definition) is 17. The molecule has 10 amide bonds. The molecular formula is C70H125N11O17. The van der Waals surface area contributed by atoms with Gasteiger partial charge in [-0.1, -0.05) is 94.9 Å². The molecule has 0 bridgehead atoms. The van der Waals surface area contributed by atoms with Crippen LogP contribution in [0.1, 0.15) is 171 Å². The Bertz CT molecular complexity index is 2740. The van der Waals surface area contributed by atoms with Crippen molar-refractivity contribution in [2.75, 3.05) is 63.1 Å². The molecule has 0 saturated heterocycles. The van der Waals surface area contributed by atoms with Crippen LogP contribution >= 0.6 is 0 Å². The molecule has 0 aliphatic heterocycles. The van der Waals surface area contributed by atoms with Gasteiger partial charge in [0.25, 0.3) is 0 Å². The van der Waals surface area contributed by atoms with Gasteiger partial charge in [-0.15, -0.1) is 0 Å². The van der Waals surface area contributed by atoms with Gasteiger partial charge >= 0.3 is 18.0 Å².